The van der Waals surface area contributed by atoms with Gasteiger partial charge in [-0.15, -0.1) is 0 Å². The van der Waals surface area contributed by atoms with Crippen molar-refractivity contribution in [2.24, 2.45) is 5.73 Å². The third-order valence-electron chi connectivity index (χ3n) is 4.35. The number of hydrogen-bond donors (Lipinski definition) is 3. The topological polar surface area (TPSA) is 107 Å². The number of rotatable bonds is 12. The maximum atomic E-state index is 15.0. The van der Waals surface area contributed by atoms with Crippen LogP contribution in [0.5, 0.6) is 5.75 Å². The van der Waals surface area contributed by atoms with Crippen molar-refractivity contribution in [1.29, 1.82) is 5.41 Å². The molecule has 4 N–H and O–H groups in total. The lowest BCUT2D eigenvalue weighted by molar-refractivity contribution is -0.133. The Bertz CT molecular complexity index is 891. The predicted octanol–water partition coefficient (Wildman–Crippen LogP) is 3.06. The van der Waals surface area contributed by atoms with Crippen molar-refractivity contribution in [1.82, 2.24) is 5.32 Å². The van der Waals surface area contributed by atoms with Gasteiger partial charge in [0.1, 0.15) is 18.3 Å². The van der Waals surface area contributed by atoms with E-state index in [9.17, 15) is 13.6 Å². The highest BCUT2D eigenvalue weighted by Gasteiger charge is 2.29. The molecule has 0 fully saturated rings. The van der Waals surface area contributed by atoms with Gasteiger partial charge in [-0.05, 0) is 31.5 Å². The zero-order chi connectivity index (χ0) is 22.8. The number of halogens is 2. The minimum Gasteiger partial charge on any atom is -0.488 e. The van der Waals surface area contributed by atoms with E-state index < -0.39 is 29.2 Å². The normalized spacial score (nSPS) is 11.7. The molecule has 1 unspecified atom stereocenters. The predicted molar refractivity (Wildman–Crippen MR) is 112 cm³/mol. The summed E-state index contributed by atoms with van der Waals surface area (Å²) in [5.74, 6) is -2.85. The minimum atomic E-state index is -1.49. The minimum absolute atomic E-state index is 0.0682. The lowest BCUT2D eigenvalue weighted by atomic mass is 10.1. The van der Waals surface area contributed by atoms with Crippen molar-refractivity contribution < 1.29 is 27.8 Å². The number of nitrogen functional groups attached to an aromatic ring is 1. The summed E-state index contributed by atoms with van der Waals surface area (Å²) in [6.07, 6.45) is -1.49. The number of hydrogen-bond acceptors (Lipinski definition) is 5. The van der Waals surface area contributed by atoms with Crippen LogP contribution in [0.2, 0.25) is 0 Å². The Labute approximate surface area is 180 Å². The van der Waals surface area contributed by atoms with Gasteiger partial charge in [-0.1, -0.05) is 24.3 Å². The number of nitrogens with one attached hydrogen (secondary N) is 2. The van der Waals surface area contributed by atoms with Crippen molar-refractivity contribution in [2.45, 2.75) is 26.5 Å². The highest BCUT2D eigenvalue weighted by atomic mass is 19.1. The van der Waals surface area contributed by atoms with E-state index in [0.29, 0.717) is 12.2 Å². The molecule has 0 radical (unpaired) electrons. The van der Waals surface area contributed by atoms with Crippen molar-refractivity contribution in [3.05, 3.63) is 64.7 Å². The molecule has 7 nitrogen and oxygen atoms in total. The first-order valence-corrected chi connectivity index (χ1v) is 9.90. The summed E-state index contributed by atoms with van der Waals surface area (Å²) in [7, 11) is 0. The molecule has 0 aliphatic heterocycles. The van der Waals surface area contributed by atoms with Gasteiger partial charge in [0.05, 0.1) is 12.2 Å². The number of carbonyl (C=O) groups excluding carboxylic acids is 1. The van der Waals surface area contributed by atoms with E-state index in [1.807, 2.05) is 6.92 Å². The molecule has 9 heteroatoms. The highest BCUT2D eigenvalue weighted by Crippen LogP contribution is 2.30. The molecule has 0 saturated carbocycles. The third-order valence-corrected chi connectivity index (χ3v) is 4.35. The summed E-state index contributed by atoms with van der Waals surface area (Å²) < 4.78 is 45.3. The van der Waals surface area contributed by atoms with Crippen LogP contribution in [0.1, 0.15) is 36.6 Å². The zero-order valence-electron chi connectivity index (χ0n) is 17.5. The molecule has 1 amide bonds. The first-order valence-electron chi connectivity index (χ1n) is 9.90. The number of amides is 1. The summed E-state index contributed by atoms with van der Waals surface area (Å²) >= 11 is 0. The molecule has 0 aliphatic rings. The summed E-state index contributed by atoms with van der Waals surface area (Å²) in [5.41, 5.74) is 6.18. The average Bonchev–Trinajstić information content (AvgIpc) is 2.76. The Hall–Kier alpha value is -3.04. The van der Waals surface area contributed by atoms with Crippen LogP contribution in [-0.2, 0) is 20.8 Å². The number of nitrogens with two attached hydrogens (primary N) is 1. The molecule has 0 spiro atoms. The molecule has 168 valence electrons. The molecule has 2 aromatic rings. The van der Waals surface area contributed by atoms with Gasteiger partial charge in [0.15, 0.2) is 17.7 Å². The standard InChI is InChI=1S/C22H27F2N3O4/c1-3-29-11-12-31-17-10-9-16(23)18(19(17)24)20(30-4-2)22(28)27-13-14-5-7-15(8-6-14)21(25)26/h5-10,20H,3-4,11-13H2,1-2H3,(H3,25,26)(H,27,28). The lowest BCUT2D eigenvalue weighted by Gasteiger charge is -2.20. The van der Waals surface area contributed by atoms with Gasteiger partial charge >= 0.3 is 0 Å². The molecule has 0 saturated heterocycles. The maximum Gasteiger partial charge on any atom is 0.254 e. The Morgan fingerprint density at radius 1 is 1.10 bits per heavy atom. The number of amidine groups is 1. The van der Waals surface area contributed by atoms with Crippen LogP contribution < -0.4 is 15.8 Å². The second kappa shape index (κ2) is 12.0. The van der Waals surface area contributed by atoms with Gasteiger partial charge in [-0.3, -0.25) is 10.2 Å². The fourth-order valence-electron chi connectivity index (χ4n) is 2.80. The largest absolute Gasteiger partial charge is 0.488 e. The molecule has 1 atom stereocenters. The number of benzene rings is 2. The van der Waals surface area contributed by atoms with Crippen LogP contribution in [0.3, 0.4) is 0 Å². The molecular weight excluding hydrogens is 408 g/mol. The molecule has 0 bridgehead atoms. The van der Waals surface area contributed by atoms with Crippen LogP contribution in [0, 0.1) is 17.0 Å². The van der Waals surface area contributed by atoms with Crippen LogP contribution in [0.4, 0.5) is 8.78 Å². The average molecular weight is 435 g/mol. The van der Waals surface area contributed by atoms with E-state index in [2.05, 4.69) is 5.32 Å². The lowest BCUT2D eigenvalue weighted by Crippen LogP contribution is -2.32. The SMILES string of the molecule is CCOCCOc1ccc(F)c(C(OCC)C(=O)NCc2ccc(C(=N)N)cc2)c1F. The molecule has 2 rings (SSSR count). The number of carbonyl (C=O) groups is 1. The Morgan fingerprint density at radius 2 is 1.81 bits per heavy atom. The van der Waals surface area contributed by atoms with Gasteiger partial charge in [-0.2, -0.15) is 0 Å². The van der Waals surface area contributed by atoms with Gasteiger partial charge in [0.25, 0.3) is 5.91 Å². The Balaban J connectivity index is 2.15. The second-order valence-electron chi connectivity index (χ2n) is 6.48. The smallest absolute Gasteiger partial charge is 0.254 e. The Kier molecular flexibility index (Phi) is 9.36. The van der Waals surface area contributed by atoms with Crippen LogP contribution in [0.15, 0.2) is 36.4 Å². The van der Waals surface area contributed by atoms with E-state index in [1.165, 1.54) is 0 Å². The van der Waals surface area contributed by atoms with Crippen molar-refractivity contribution >= 4 is 11.7 Å². The van der Waals surface area contributed by atoms with Crippen molar-refractivity contribution in [3.63, 3.8) is 0 Å². The van der Waals surface area contributed by atoms with E-state index in [0.717, 1.165) is 17.7 Å². The molecule has 0 heterocycles. The van der Waals surface area contributed by atoms with Gasteiger partial charge in [-0.25, -0.2) is 8.78 Å². The third kappa shape index (κ3) is 6.73. The van der Waals surface area contributed by atoms with Crippen LogP contribution >= 0.6 is 0 Å². The summed E-state index contributed by atoms with van der Waals surface area (Å²) in [4.78, 5) is 12.7. The molecule has 31 heavy (non-hydrogen) atoms. The number of ether oxygens (including phenoxy) is 3. The fraction of sp³-hybridized carbons (Fsp3) is 0.364. The first kappa shape index (κ1) is 24.2. The molecule has 0 aliphatic carbocycles. The fourth-order valence-corrected chi connectivity index (χ4v) is 2.80. The quantitative estimate of drug-likeness (QED) is 0.270. The maximum absolute atomic E-state index is 15.0. The van der Waals surface area contributed by atoms with E-state index in [1.54, 1.807) is 31.2 Å². The van der Waals surface area contributed by atoms with E-state index in [4.69, 9.17) is 25.4 Å². The zero-order valence-corrected chi connectivity index (χ0v) is 17.5. The molecule has 2 aromatic carbocycles. The van der Waals surface area contributed by atoms with Gasteiger partial charge in [0.2, 0.25) is 0 Å². The Morgan fingerprint density at radius 3 is 2.42 bits per heavy atom. The van der Waals surface area contributed by atoms with Crippen molar-refractivity contribution in [2.75, 3.05) is 26.4 Å². The monoisotopic (exact) mass is 435 g/mol. The van der Waals surface area contributed by atoms with Gasteiger partial charge in [0, 0.05) is 25.3 Å². The van der Waals surface area contributed by atoms with Crippen LogP contribution in [0.25, 0.3) is 0 Å². The first-order chi connectivity index (χ1) is 14.9. The van der Waals surface area contributed by atoms with E-state index >= 15 is 0 Å². The summed E-state index contributed by atoms with van der Waals surface area (Å²) in [6, 6.07) is 8.88. The summed E-state index contributed by atoms with van der Waals surface area (Å²) in [5, 5.41) is 10.0. The summed E-state index contributed by atoms with van der Waals surface area (Å²) in [6.45, 7) is 4.44. The molecule has 0 aromatic heterocycles. The molecular formula is C22H27F2N3O4. The van der Waals surface area contributed by atoms with Gasteiger partial charge < -0.3 is 25.3 Å². The van der Waals surface area contributed by atoms with Crippen LogP contribution in [-0.4, -0.2) is 38.2 Å². The van der Waals surface area contributed by atoms with E-state index in [-0.39, 0.29) is 38.0 Å². The van der Waals surface area contributed by atoms with Crippen molar-refractivity contribution in [3.8, 4) is 5.75 Å². The second-order valence-corrected chi connectivity index (χ2v) is 6.48. The highest BCUT2D eigenvalue weighted by molar-refractivity contribution is 5.94.